The third kappa shape index (κ3) is 4.08. The number of hydrogen-bond donors (Lipinski definition) is 1. The lowest BCUT2D eigenvalue weighted by Gasteiger charge is -2.39. The molecular weight excluding hydrogens is 304 g/mol. The fraction of sp³-hybridized carbons (Fsp3) is 0.632. The predicted octanol–water partition coefficient (Wildman–Crippen LogP) is 2.94. The van der Waals surface area contributed by atoms with Crippen LogP contribution in [0.4, 0.5) is 4.79 Å². The summed E-state index contributed by atoms with van der Waals surface area (Å²) in [6.45, 7) is 8.93. The number of hydrogen-bond acceptors (Lipinski definition) is 4. The van der Waals surface area contributed by atoms with Crippen LogP contribution in [0.1, 0.15) is 39.2 Å². The third-order valence-electron chi connectivity index (χ3n) is 4.63. The highest BCUT2D eigenvalue weighted by Gasteiger charge is 2.50. The van der Waals surface area contributed by atoms with E-state index in [1.807, 2.05) is 26.8 Å². The maximum Gasteiger partial charge on any atom is 0.408 e. The average molecular weight is 332 g/mol. The fourth-order valence-corrected chi connectivity index (χ4v) is 3.69. The van der Waals surface area contributed by atoms with Gasteiger partial charge in [-0.05, 0) is 39.2 Å². The van der Waals surface area contributed by atoms with Crippen molar-refractivity contribution in [1.82, 2.24) is 10.2 Å². The van der Waals surface area contributed by atoms with Crippen LogP contribution in [0.15, 0.2) is 30.3 Å². The van der Waals surface area contributed by atoms with Gasteiger partial charge in [-0.1, -0.05) is 30.3 Å². The maximum atomic E-state index is 12.3. The van der Waals surface area contributed by atoms with Crippen LogP contribution in [0.25, 0.3) is 0 Å². The van der Waals surface area contributed by atoms with Crippen molar-refractivity contribution in [3.8, 4) is 0 Å². The smallest absolute Gasteiger partial charge is 0.408 e. The first kappa shape index (κ1) is 17.2. The molecule has 5 heteroatoms. The van der Waals surface area contributed by atoms with Crippen molar-refractivity contribution < 1.29 is 14.3 Å². The maximum absolute atomic E-state index is 12.3. The van der Waals surface area contributed by atoms with Crippen LogP contribution in [-0.4, -0.2) is 47.9 Å². The number of carbonyl (C=O) groups excluding carboxylic acids is 1. The van der Waals surface area contributed by atoms with Gasteiger partial charge in [0.25, 0.3) is 0 Å². The molecule has 1 aromatic carbocycles. The van der Waals surface area contributed by atoms with Crippen molar-refractivity contribution in [2.75, 3.05) is 19.7 Å². The van der Waals surface area contributed by atoms with E-state index in [1.165, 1.54) is 5.56 Å². The van der Waals surface area contributed by atoms with E-state index in [1.54, 1.807) is 0 Å². The number of nitrogens with zero attached hydrogens (tertiary/aromatic N) is 1. The number of carbonyl (C=O) groups is 1. The number of ether oxygens (including phenoxy) is 2. The van der Waals surface area contributed by atoms with Crippen LogP contribution < -0.4 is 5.32 Å². The summed E-state index contributed by atoms with van der Waals surface area (Å²) >= 11 is 0. The molecule has 132 valence electrons. The highest BCUT2D eigenvalue weighted by molar-refractivity contribution is 5.69. The molecule has 5 nitrogen and oxygen atoms in total. The number of nitrogens with one attached hydrogen (secondary N) is 1. The molecular formula is C19H28N2O3. The predicted molar refractivity (Wildman–Crippen MR) is 92.8 cm³/mol. The summed E-state index contributed by atoms with van der Waals surface area (Å²) in [5, 5.41) is 3.14. The minimum absolute atomic E-state index is 0.0301. The summed E-state index contributed by atoms with van der Waals surface area (Å²) in [4.78, 5) is 14.7. The summed E-state index contributed by atoms with van der Waals surface area (Å²) in [6.07, 6.45) is 1.58. The third-order valence-corrected chi connectivity index (χ3v) is 4.63. The molecule has 1 amide bonds. The largest absolute Gasteiger partial charge is 0.444 e. The standard InChI is InChI=1S/C19H28N2O3/c1-18(2,3)24-17(22)20-19-10-7-11-23-16(19)13-21(14-19)12-15-8-5-4-6-9-15/h4-6,8-9,16H,7,10-14H2,1-3H3,(H,20,22)/t16-,19+/m1/s1. The average Bonchev–Trinajstić information content (AvgIpc) is 2.83. The molecule has 1 N–H and O–H groups in total. The quantitative estimate of drug-likeness (QED) is 0.925. The molecule has 1 aromatic rings. The Hall–Kier alpha value is -1.59. The summed E-state index contributed by atoms with van der Waals surface area (Å²) in [6, 6.07) is 10.4. The molecule has 0 bridgehead atoms. The van der Waals surface area contributed by atoms with Crippen molar-refractivity contribution >= 4 is 6.09 Å². The van der Waals surface area contributed by atoms with E-state index in [2.05, 4.69) is 34.5 Å². The zero-order valence-electron chi connectivity index (χ0n) is 14.9. The van der Waals surface area contributed by atoms with Crippen LogP contribution in [0.2, 0.25) is 0 Å². The molecule has 24 heavy (non-hydrogen) atoms. The SMILES string of the molecule is CC(C)(C)OC(=O)N[C@]12CCCO[C@@H]1CN(Cc1ccccc1)C2. The molecule has 2 fully saturated rings. The van der Waals surface area contributed by atoms with E-state index in [-0.39, 0.29) is 17.7 Å². The van der Waals surface area contributed by atoms with Crippen LogP contribution in [-0.2, 0) is 16.0 Å². The Bertz CT molecular complexity index is 570. The fourth-order valence-electron chi connectivity index (χ4n) is 3.69. The molecule has 2 aliphatic rings. The van der Waals surface area contributed by atoms with Crippen molar-refractivity contribution in [2.24, 2.45) is 0 Å². The van der Waals surface area contributed by atoms with Gasteiger partial charge in [-0.25, -0.2) is 4.79 Å². The Morgan fingerprint density at radius 1 is 1.38 bits per heavy atom. The molecule has 0 aromatic heterocycles. The molecule has 0 unspecified atom stereocenters. The van der Waals surface area contributed by atoms with Gasteiger partial charge < -0.3 is 14.8 Å². The molecule has 0 saturated carbocycles. The number of benzene rings is 1. The highest BCUT2D eigenvalue weighted by Crippen LogP contribution is 2.34. The van der Waals surface area contributed by atoms with Gasteiger partial charge in [0.2, 0.25) is 0 Å². The lowest BCUT2D eigenvalue weighted by Crippen LogP contribution is -2.60. The van der Waals surface area contributed by atoms with Crippen molar-refractivity contribution in [3.05, 3.63) is 35.9 Å². The van der Waals surface area contributed by atoms with E-state index in [4.69, 9.17) is 9.47 Å². The molecule has 2 saturated heterocycles. The second kappa shape index (κ2) is 6.73. The number of alkyl carbamates (subject to hydrolysis) is 1. The van der Waals surface area contributed by atoms with E-state index < -0.39 is 5.60 Å². The Labute approximate surface area is 144 Å². The van der Waals surface area contributed by atoms with E-state index in [9.17, 15) is 4.79 Å². The van der Waals surface area contributed by atoms with E-state index in [0.29, 0.717) is 0 Å². The monoisotopic (exact) mass is 332 g/mol. The van der Waals surface area contributed by atoms with Gasteiger partial charge in [0.05, 0.1) is 11.6 Å². The van der Waals surface area contributed by atoms with Crippen LogP contribution >= 0.6 is 0 Å². The molecule has 2 atom stereocenters. The first-order valence-electron chi connectivity index (χ1n) is 8.75. The van der Waals surface area contributed by atoms with Gasteiger partial charge in [0.15, 0.2) is 0 Å². The van der Waals surface area contributed by atoms with Crippen molar-refractivity contribution in [1.29, 1.82) is 0 Å². The van der Waals surface area contributed by atoms with Crippen LogP contribution in [0, 0.1) is 0 Å². The van der Waals surface area contributed by atoms with Crippen molar-refractivity contribution in [2.45, 2.75) is 57.4 Å². The Balaban J connectivity index is 1.69. The Morgan fingerprint density at radius 2 is 2.12 bits per heavy atom. The zero-order valence-corrected chi connectivity index (χ0v) is 14.9. The topological polar surface area (TPSA) is 50.8 Å². The lowest BCUT2D eigenvalue weighted by molar-refractivity contribution is -0.0331. The molecule has 0 radical (unpaired) electrons. The summed E-state index contributed by atoms with van der Waals surface area (Å²) < 4.78 is 11.5. The van der Waals surface area contributed by atoms with Gasteiger partial charge in [0.1, 0.15) is 5.60 Å². The molecule has 0 spiro atoms. The lowest BCUT2D eigenvalue weighted by atomic mass is 9.88. The molecule has 0 aliphatic carbocycles. The van der Waals surface area contributed by atoms with Gasteiger partial charge in [-0.3, -0.25) is 4.90 Å². The van der Waals surface area contributed by atoms with Gasteiger partial charge in [0, 0.05) is 26.2 Å². The normalized spacial score (nSPS) is 27.5. The minimum atomic E-state index is -0.492. The summed E-state index contributed by atoms with van der Waals surface area (Å²) in [5.41, 5.74) is 0.451. The minimum Gasteiger partial charge on any atom is -0.444 e. The molecule has 2 aliphatic heterocycles. The first-order valence-corrected chi connectivity index (χ1v) is 8.75. The molecule has 3 rings (SSSR count). The van der Waals surface area contributed by atoms with Crippen LogP contribution in [0.3, 0.4) is 0 Å². The number of amides is 1. The molecule has 2 heterocycles. The van der Waals surface area contributed by atoms with Crippen molar-refractivity contribution in [3.63, 3.8) is 0 Å². The van der Waals surface area contributed by atoms with Crippen LogP contribution in [0.5, 0.6) is 0 Å². The summed E-state index contributed by atoms with van der Waals surface area (Å²) in [5.74, 6) is 0. The first-order chi connectivity index (χ1) is 11.4. The number of fused-ring (bicyclic) bond motifs is 1. The Morgan fingerprint density at radius 3 is 2.83 bits per heavy atom. The number of likely N-dealkylation sites (tertiary alicyclic amines) is 1. The van der Waals surface area contributed by atoms with Gasteiger partial charge >= 0.3 is 6.09 Å². The second-order valence-electron chi connectivity index (χ2n) is 7.90. The van der Waals surface area contributed by atoms with E-state index >= 15 is 0 Å². The zero-order chi connectivity index (χ0) is 17.2. The second-order valence-corrected chi connectivity index (χ2v) is 7.90. The highest BCUT2D eigenvalue weighted by atomic mass is 16.6. The summed E-state index contributed by atoms with van der Waals surface area (Å²) in [7, 11) is 0. The van der Waals surface area contributed by atoms with Gasteiger partial charge in [-0.2, -0.15) is 0 Å². The number of rotatable bonds is 3. The van der Waals surface area contributed by atoms with E-state index in [0.717, 1.165) is 39.1 Å². The van der Waals surface area contributed by atoms with Gasteiger partial charge in [-0.15, -0.1) is 0 Å². The Kier molecular flexibility index (Phi) is 4.83.